The molecule has 0 unspecified atom stereocenters. The van der Waals surface area contributed by atoms with Gasteiger partial charge in [0, 0.05) is 0 Å². The third-order valence-electron chi connectivity index (χ3n) is 9.93. The summed E-state index contributed by atoms with van der Waals surface area (Å²) in [6, 6.07) is 26.0. The van der Waals surface area contributed by atoms with E-state index in [2.05, 4.69) is 139 Å². The number of fused-ring (bicyclic) bond motifs is 2. The van der Waals surface area contributed by atoms with Gasteiger partial charge in [-0.1, -0.05) is 99.3 Å². The molecule has 1 heteroatoms. The fraction of sp³-hybridized carbons (Fsp3) is 0.326. The SMILES string of the molecule is CCC1=C(CC)C(CC)(CC)C(C2=CC=CC2)=C2[C-]=c3cc(CC)cc(CC)c3=C21.[Zr]=[C](c1ccccc1)c1ccccc1. The predicted octanol–water partition coefficient (Wildman–Crippen LogP) is 9.55. The van der Waals surface area contributed by atoms with E-state index in [0.717, 1.165) is 32.1 Å². The number of hydrogen-bond acceptors (Lipinski definition) is 0. The van der Waals surface area contributed by atoms with Gasteiger partial charge in [-0.15, -0.1) is 33.7 Å². The van der Waals surface area contributed by atoms with Crippen molar-refractivity contribution in [1.29, 1.82) is 0 Å². The summed E-state index contributed by atoms with van der Waals surface area (Å²) in [6.45, 7) is 14.1. The molecule has 0 saturated heterocycles. The Bertz CT molecular complexity index is 1730. The molecule has 0 fully saturated rings. The summed E-state index contributed by atoms with van der Waals surface area (Å²) < 4.78 is 1.42. The van der Waals surface area contributed by atoms with Crippen LogP contribution in [0, 0.1) is 5.41 Å². The first-order valence-electron chi connectivity index (χ1n) is 16.8. The maximum atomic E-state index is 3.98. The summed E-state index contributed by atoms with van der Waals surface area (Å²) in [5.74, 6) is 0. The molecule has 6 rings (SSSR count). The summed E-state index contributed by atoms with van der Waals surface area (Å²) in [7, 11) is 0. The molecule has 0 aliphatic heterocycles. The van der Waals surface area contributed by atoms with Crippen molar-refractivity contribution in [3.05, 3.63) is 152 Å². The Morgan fingerprint density at radius 3 is 1.89 bits per heavy atom. The Morgan fingerprint density at radius 1 is 0.773 bits per heavy atom. The van der Waals surface area contributed by atoms with Gasteiger partial charge in [0.15, 0.2) is 0 Å². The van der Waals surface area contributed by atoms with E-state index in [1.807, 2.05) is 0 Å². The second kappa shape index (κ2) is 14.5. The molecule has 0 heterocycles. The van der Waals surface area contributed by atoms with Crippen LogP contribution in [0.5, 0.6) is 0 Å². The molecular weight excluding hydrogens is 608 g/mol. The average Bonchev–Trinajstić information content (AvgIpc) is 3.75. The standard InChI is InChI=1S/C30H37.C13H10.Zr/c1-7-20-17-21(8-2)27-23(18-20)19-25-28(27)24(9-3)26(10-4)30(11-5,12-6)29(25)22-15-13-14-16-22;1-3-7-12(8-4-1)11-13-9-5-2-6-10-13;/h13-15,17-18H,7-12,16H2,1-6H3;1-10H;/q-1;;. The minimum atomic E-state index is 0.145. The second-order valence-corrected chi connectivity index (χ2v) is 13.2. The van der Waals surface area contributed by atoms with Gasteiger partial charge in [0.2, 0.25) is 0 Å². The zero-order valence-electron chi connectivity index (χ0n) is 27.6. The van der Waals surface area contributed by atoms with Crippen molar-refractivity contribution in [2.24, 2.45) is 5.41 Å². The number of aryl methyl sites for hydroxylation is 2. The Balaban J connectivity index is 0.000000229. The van der Waals surface area contributed by atoms with Crippen LogP contribution in [-0.2, 0) is 37.1 Å². The van der Waals surface area contributed by atoms with Gasteiger partial charge in [0.05, 0.1) is 0 Å². The molecule has 224 valence electrons. The van der Waals surface area contributed by atoms with Gasteiger partial charge in [-0.05, 0) is 50.4 Å². The van der Waals surface area contributed by atoms with Crippen LogP contribution in [0.3, 0.4) is 0 Å². The molecule has 44 heavy (non-hydrogen) atoms. The molecule has 0 bridgehead atoms. The third kappa shape index (κ3) is 5.90. The molecule has 0 nitrogen and oxygen atoms in total. The van der Waals surface area contributed by atoms with Crippen molar-refractivity contribution >= 4 is 14.9 Å². The van der Waals surface area contributed by atoms with Gasteiger partial charge in [-0.25, -0.2) is 0 Å². The molecule has 0 N–H and O–H groups in total. The van der Waals surface area contributed by atoms with Crippen LogP contribution < -0.4 is 10.4 Å². The van der Waals surface area contributed by atoms with Gasteiger partial charge in [0.25, 0.3) is 0 Å². The average molecular weight is 655 g/mol. The molecule has 3 aliphatic rings. The van der Waals surface area contributed by atoms with Gasteiger partial charge < -0.3 is 0 Å². The van der Waals surface area contributed by atoms with Crippen LogP contribution in [0.25, 0.3) is 11.6 Å². The van der Waals surface area contributed by atoms with E-state index >= 15 is 0 Å². The van der Waals surface area contributed by atoms with E-state index < -0.39 is 0 Å². The second-order valence-electron chi connectivity index (χ2n) is 12.0. The van der Waals surface area contributed by atoms with Crippen molar-refractivity contribution in [3.63, 3.8) is 0 Å². The van der Waals surface area contributed by atoms with E-state index in [1.54, 1.807) is 16.7 Å². The van der Waals surface area contributed by atoms with Crippen LogP contribution in [0.2, 0.25) is 0 Å². The molecular formula is C43H47Zr-. The van der Waals surface area contributed by atoms with E-state index in [0.29, 0.717) is 0 Å². The van der Waals surface area contributed by atoms with Gasteiger partial charge in [-0.3, -0.25) is 0 Å². The Kier molecular flexibility index (Phi) is 10.7. The summed E-state index contributed by atoms with van der Waals surface area (Å²) in [5, 5.41) is 2.82. The Hall–Kier alpha value is -2.89. The Morgan fingerprint density at radius 2 is 1.41 bits per heavy atom. The molecule has 0 spiro atoms. The third-order valence-corrected chi connectivity index (χ3v) is 11.4. The molecule has 0 saturated carbocycles. The number of allylic oxidation sites excluding steroid dienone is 8. The monoisotopic (exact) mass is 653 g/mol. The Labute approximate surface area is 281 Å². The van der Waals surface area contributed by atoms with E-state index in [9.17, 15) is 0 Å². The topological polar surface area (TPSA) is 0 Å². The van der Waals surface area contributed by atoms with Crippen LogP contribution in [0.15, 0.2) is 119 Å². The first-order valence-corrected chi connectivity index (χ1v) is 18.0. The minimum absolute atomic E-state index is 0.145. The normalized spacial score (nSPS) is 16.2. The zero-order valence-corrected chi connectivity index (χ0v) is 30.1. The maximum absolute atomic E-state index is 3.98. The van der Waals surface area contributed by atoms with Crippen molar-refractivity contribution < 1.29 is 24.2 Å². The molecule has 3 aromatic rings. The molecule has 3 aliphatic carbocycles. The quantitative estimate of drug-likeness (QED) is 0.202. The number of benzene rings is 3. The fourth-order valence-corrected chi connectivity index (χ4v) is 8.55. The van der Waals surface area contributed by atoms with Crippen molar-refractivity contribution in [2.75, 3.05) is 0 Å². The first-order chi connectivity index (χ1) is 21.5. The van der Waals surface area contributed by atoms with Gasteiger partial charge >= 0.3 is 99.2 Å². The van der Waals surface area contributed by atoms with Crippen molar-refractivity contribution in [1.82, 2.24) is 0 Å². The predicted molar refractivity (Wildman–Crippen MR) is 187 cm³/mol. The fourth-order valence-electron chi connectivity index (χ4n) is 7.74. The number of hydrogen-bond donors (Lipinski definition) is 0. The van der Waals surface area contributed by atoms with Gasteiger partial charge in [0.1, 0.15) is 0 Å². The molecule has 0 radical (unpaired) electrons. The zero-order chi connectivity index (χ0) is 31.3. The van der Waals surface area contributed by atoms with E-state index in [-0.39, 0.29) is 5.41 Å². The van der Waals surface area contributed by atoms with Crippen molar-refractivity contribution in [2.45, 2.75) is 86.5 Å². The van der Waals surface area contributed by atoms with Crippen LogP contribution in [-0.4, -0.2) is 3.21 Å². The van der Waals surface area contributed by atoms with Crippen LogP contribution in [0.1, 0.15) is 95.9 Å². The van der Waals surface area contributed by atoms with Crippen LogP contribution >= 0.6 is 0 Å². The van der Waals surface area contributed by atoms with Gasteiger partial charge in [-0.2, -0.15) is 0 Å². The van der Waals surface area contributed by atoms with E-state index in [1.165, 1.54) is 89.7 Å². The number of rotatable bonds is 9. The summed E-state index contributed by atoms with van der Waals surface area (Å²) in [4.78, 5) is 0. The first kappa shape index (κ1) is 32.5. The summed E-state index contributed by atoms with van der Waals surface area (Å²) in [6.07, 6.45) is 18.7. The van der Waals surface area contributed by atoms with Crippen molar-refractivity contribution in [3.8, 4) is 0 Å². The van der Waals surface area contributed by atoms with E-state index in [4.69, 9.17) is 0 Å². The molecule has 0 aromatic heterocycles. The summed E-state index contributed by atoms with van der Waals surface area (Å²) in [5.41, 5.74) is 15.1. The molecule has 0 atom stereocenters. The van der Waals surface area contributed by atoms with Crippen LogP contribution in [0.4, 0.5) is 0 Å². The summed E-state index contributed by atoms with van der Waals surface area (Å²) >= 11 is 1.46. The molecule has 3 aromatic carbocycles. The molecule has 0 amide bonds.